The van der Waals surface area contributed by atoms with Gasteiger partial charge in [0.05, 0.1) is 12.6 Å². The standard InChI is InChI=1S/C28H34FN7O3/c1-28(2,3)18-5-11-21(12-6-18)36(27(38)30-20-9-7-19(29)8-10-20)23-14-15-39-24-16-17(4-13-22(23)24)25(37)31-26-32-34-35-33-26/h4,7-10,13,16,18,21,23H,5-6,11-12,14-15H2,1-3H3,(H,30,38)(H2,31,32,33,34,35,37). The number of H-pyrrole nitrogens is 1. The lowest BCUT2D eigenvalue weighted by molar-refractivity contribution is 0.0768. The van der Waals surface area contributed by atoms with Gasteiger partial charge in [-0.3, -0.25) is 10.1 Å². The van der Waals surface area contributed by atoms with Gasteiger partial charge >= 0.3 is 6.03 Å². The average Bonchev–Trinajstić information content (AvgIpc) is 3.43. The number of hydrogen-bond acceptors (Lipinski definition) is 6. The maximum atomic E-state index is 13.8. The van der Waals surface area contributed by atoms with Gasteiger partial charge < -0.3 is 15.0 Å². The lowest BCUT2D eigenvalue weighted by Gasteiger charge is -2.45. The molecule has 1 aromatic heterocycles. The summed E-state index contributed by atoms with van der Waals surface area (Å²) in [5.74, 6) is 0.484. The molecule has 10 nitrogen and oxygen atoms in total. The third-order valence-electron chi connectivity index (χ3n) is 7.83. The Morgan fingerprint density at radius 1 is 1.03 bits per heavy atom. The first kappa shape index (κ1) is 26.6. The number of nitrogens with zero attached hydrogens (tertiary/aromatic N) is 4. The molecule has 1 aliphatic carbocycles. The van der Waals surface area contributed by atoms with Gasteiger partial charge in [0.25, 0.3) is 11.9 Å². The summed E-state index contributed by atoms with van der Waals surface area (Å²) in [6, 6.07) is 10.6. The van der Waals surface area contributed by atoms with Crippen LogP contribution in [0.3, 0.4) is 0 Å². The molecule has 0 saturated heterocycles. The zero-order chi connectivity index (χ0) is 27.6. The van der Waals surface area contributed by atoms with Gasteiger partial charge in [0.1, 0.15) is 11.6 Å². The van der Waals surface area contributed by atoms with Gasteiger partial charge in [0.2, 0.25) is 0 Å². The first-order chi connectivity index (χ1) is 18.7. The van der Waals surface area contributed by atoms with Crippen LogP contribution in [0.1, 0.15) is 74.8 Å². The molecule has 5 rings (SSSR count). The molecule has 3 aromatic rings. The van der Waals surface area contributed by atoms with Crippen molar-refractivity contribution in [2.24, 2.45) is 11.3 Å². The van der Waals surface area contributed by atoms with E-state index in [4.69, 9.17) is 4.74 Å². The van der Waals surface area contributed by atoms with Crippen LogP contribution in [0, 0.1) is 17.2 Å². The van der Waals surface area contributed by atoms with Gasteiger partial charge in [-0.05, 0) is 78.6 Å². The molecule has 1 fully saturated rings. The van der Waals surface area contributed by atoms with E-state index >= 15 is 0 Å². The summed E-state index contributed by atoms with van der Waals surface area (Å²) in [5, 5.41) is 18.8. The second kappa shape index (κ2) is 11.0. The number of carbonyl (C=O) groups excluding carboxylic acids is 2. The first-order valence-corrected chi connectivity index (χ1v) is 13.4. The molecule has 1 aliphatic heterocycles. The number of aromatic amines is 1. The quantitative estimate of drug-likeness (QED) is 0.393. The Morgan fingerprint density at radius 3 is 2.44 bits per heavy atom. The van der Waals surface area contributed by atoms with E-state index in [9.17, 15) is 14.0 Å². The predicted molar refractivity (Wildman–Crippen MR) is 144 cm³/mol. The molecule has 0 bridgehead atoms. The lowest BCUT2D eigenvalue weighted by atomic mass is 9.71. The van der Waals surface area contributed by atoms with Gasteiger partial charge in [-0.2, -0.15) is 5.21 Å². The molecular formula is C28H34FN7O3. The van der Waals surface area contributed by atoms with Crippen molar-refractivity contribution >= 4 is 23.6 Å². The molecule has 206 valence electrons. The van der Waals surface area contributed by atoms with Crippen molar-refractivity contribution in [3.8, 4) is 5.75 Å². The number of fused-ring (bicyclic) bond motifs is 1. The van der Waals surface area contributed by atoms with Crippen molar-refractivity contribution < 1.29 is 18.7 Å². The normalized spacial score (nSPS) is 20.9. The molecular weight excluding hydrogens is 501 g/mol. The smallest absolute Gasteiger partial charge is 0.322 e. The van der Waals surface area contributed by atoms with E-state index in [0.717, 1.165) is 31.2 Å². The first-order valence-electron chi connectivity index (χ1n) is 13.4. The third kappa shape index (κ3) is 6.02. The predicted octanol–water partition coefficient (Wildman–Crippen LogP) is 5.55. The van der Waals surface area contributed by atoms with Crippen molar-refractivity contribution in [1.82, 2.24) is 25.5 Å². The number of carbonyl (C=O) groups is 2. The van der Waals surface area contributed by atoms with Gasteiger partial charge in [-0.25, -0.2) is 9.18 Å². The van der Waals surface area contributed by atoms with Gasteiger partial charge in [-0.1, -0.05) is 31.9 Å². The Kier molecular flexibility index (Phi) is 7.49. The number of amides is 3. The van der Waals surface area contributed by atoms with Crippen LogP contribution >= 0.6 is 0 Å². The minimum absolute atomic E-state index is 0.0428. The number of ether oxygens (including phenoxy) is 1. The summed E-state index contributed by atoms with van der Waals surface area (Å²) in [5.41, 5.74) is 1.99. The van der Waals surface area contributed by atoms with Gasteiger partial charge in [-0.15, -0.1) is 5.10 Å². The second-order valence-electron chi connectivity index (χ2n) is 11.3. The van der Waals surface area contributed by atoms with Crippen LogP contribution in [0.5, 0.6) is 5.75 Å². The molecule has 2 aliphatic rings. The van der Waals surface area contributed by atoms with Crippen LogP contribution in [-0.4, -0.2) is 50.1 Å². The molecule has 1 saturated carbocycles. The number of nitrogens with one attached hydrogen (secondary N) is 3. The molecule has 3 N–H and O–H groups in total. The Balaban J connectivity index is 1.41. The van der Waals surface area contributed by atoms with E-state index < -0.39 is 5.91 Å². The fraction of sp³-hybridized carbons (Fsp3) is 0.464. The van der Waals surface area contributed by atoms with Crippen molar-refractivity contribution in [3.63, 3.8) is 0 Å². The molecule has 39 heavy (non-hydrogen) atoms. The highest BCUT2D eigenvalue weighted by atomic mass is 19.1. The number of tetrazole rings is 1. The zero-order valence-electron chi connectivity index (χ0n) is 22.4. The van der Waals surface area contributed by atoms with Crippen molar-refractivity contribution in [3.05, 3.63) is 59.4 Å². The number of aromatic nitrogens is 4. The van der Waals surface area contributed by atoms with Crippen molar-refractivity contribution in [2.45, 2.75) is 65.0 Å². The molecule has 2 aromatic carbocycles. The summed E-state index contributed by atoms with van der Waals surface area (Å²) in [6.07, 6.45) is 4.50. The van der Waals surface area contributed by atoms with E-state index in [-0.39, 0.29) is 35.3 Å². The molecule has 2 heterocycles. The van der Waals surface area contributed by atoms with E-state index in [1.165, 1.54) is 12.1 Å². The number of urea groups is 1. The Hall–Kier alpha value is -4.02. The number of halogens is 1. The molecule has 1 unspecified atom stereocenters. The molecule has 3 amide bonds. The SMILES string of the molecule is CC(C)(C)C1CCC(N(C(=O)Nc2ccc(F)cc2)C2CCOc3cc(C(=O)Nc4nn[nH]n4)ccc32)CC1. The minimum atomic E-state index is -0.392. The van der Waals surface area contributed by atoms with Crippen LogP contribution in [0.2, 0.25) is 0 Å². The van der Waals surface area contributed by atoms with Gasteiger partial charge in [0, 0.05) is 29.3 Å². The topological polar surface area (TPSA) is 125 Å². The second-order valence-corrected chi connectivity index (χ2v) is 11.3. The van der Waals surface area contributed by atoms with Crippen molar-refractivity contribution in [2.75, 3.05) is 17.2 Å². The molecule has 11 heteroatoms. The van der Waals surface area contributed by atoms with E-state index in [1.54, 1.807) is 24.3 Å². The third-order valence-corrected chi connectivity index (χ3v) is 7.83. The van der Waals surface area contributed by atoms with E-state index in [1.807, 2.05) is 11.0 Å². The highest BCUT2D eigenvalue weighted by molar-refractivity contribution is 6.03. The maximum Gasteiger partial charge on any atom is 0.322 e. The minimum Gasteiger partial charge on any atom is -0.493 e. The Bertz CT molecular complexity index is 1300. The van der Waals surface area contributed by atoms with Crippen LogP contribution in [0.25, 0.3) is 0 Å². The summed E-state index contributed by atoms with van der Waals surface area (Å²) >= 11 is 0. The largest absolute Gasteiger partial charge is 0.493 e. The number of anilines is 2. The number of rotatable bonds is 5. The molecule has 1 atom stereocenters. The van der Waals surface area contributed by atoms with Crippen molar-refractivity contribution in [1.29, 1.82) is 0 Å². The summed E-state index contributed by atoms with van der Waals surface area (Å²) in [4.78, 5) is 28.5. The van der Waals surface area contributed by atoms with Crippen LogP contribution in [0.4, 0.5) is 20.8 Å². The number of benzene rings is 2. The van der Waals surface area contributed by atoms with Crippen LogP contribution < -0.4 is 15.4 Å². The fourth-order valence-electron chi connectivity index (χ4n) is 5.69. The summed E-state index contributed by atoms with van der Waals surface area (Å²) < 4.78 is 19.4. The average molecular weight is 536 g/mol. The van der Waals surface area contributed by atoms with Crippen LogP contribution in [0.15, 0.2) is 42.5 Å². The highest BCUT2D eigenvalue weighted by Crippen LogP contribution is 2.44. The monoisotopic (exact) mass is 535 g/mol. The van der Waals surface area contributed by atoms with E-state index in [0.29, 0.717) is 35.9 Å². The van der Waals surface area contributed by atoms with E-state index in [2.05, 4.69) is 52.0 Å². The molecule has 0 spiro atoms. The maximum absolute atomic E-state index is 13.8. The number of hydrogen-bond donors (Lipinski definition) is 3. The molecule has 0 radical (unpaired) electrons. The Labute approximate surface area is 226 Å². The fourth-order valence-corrected chi connectivity index (χ4v) is 5.69. The van der Waals surface area contributed by atoms with Gasteiger partial charge in [0.15, 0.2) is 0 Å². The lowest BCUT2D eigenvalue weighted by Crippen LogP contribution is -2.48. The highest BCUT2D eigenvalue weighted by Gasteiger charge is 2.39. The zero-order valence-corrected chi connectivity index (χ0v) is 22.4. The summed E-state index contributed by atoms with van der Waals surface area (Å²) in [6.45, 7) is 7.24. The summed E-state index contributed by atoms with van der Waals surface area (Å²) in [7, 11) is 0. The Morgan fingerprint density at radius 2 is 1.77 bits per heavy atom. The van der Waals surface area contributed by atoms with Crippen LogP contribution in [-0.2, 0) is 0 Å².